The highest BCUT2D eigenvalue weighted by atomic mass is 79.9. The molecular weight excluding hydrogens is 304 g/mol. The van der Waals surface area contributed by atoms with Crippen LogP contribution in [0.5, 0.6) is 0 Å². The summed E-state index contributed by atoms with van der Waals surface area (Å²) in [5.74, 6) is 0.735. The SMILES string of the molecule is NC1(C2CC2)CN(c2ccnc3cc(Br)cnc23)C1. The predicted molar refractivity (Wildman–Crippen MR) is 79.1 cm³/mol. The number of hydrogen-bond acceptors (Lipinski definition) is 4. The minimum Gasteiger partial charge on any atom is -0.366 e. The lowest BCUT2D eigenvalue weighted by atomic mass is 9.85. The number of rotatable bonds is 2. The molecule has 0 spiro atoms. The van der Waals surface area contributed by atoms with Gasteiger partial charge in [0.05, 0.1) is 16.7 Å². The molecule has 2 aromatic heterocycles. The summed E-state index contributed by atoms with van der Waals surface area (Å²) in [5.41, 5.74) is 9.49. The highest BCUT2D eigenvalue weighted by molar-refractivity contribution is 9.10. The number of pyridine rings is 2. The average molecular weight is 319 g/mol. The van der Waals surface area contributed by atoms with Gasteiger partial charge in [-0.15, -0.1) is 0 Å². The third-order valence-electron chi connectivity index (χ3n) is 4.22. The van der Waals surface area contributed by atoms with Crippen LogP contribution in [0.25, 0.3) is 11.0 Å². The fourth-order valence-corrected chi connectivity index (χ4v) is 3.32. The van der Waals surface area contributed by atoms with Gasteiger partial charge in [0.15, 0.2) is 0 Å². The molecule has 1 aliphatic carbocycles. The second-order valence-electron chi connectivity index (χ2n) is 5.71. The predicted octanol–water partition coefficient (Wildman–Crippen LogP) is 2.32. The molecule has 2 fully saturated rings. The zero-order valence-corrected chi connectivity index (χ0v) is 12.1. The second kappa shape index (κ2) is 3.90. The molecule has 0 aromatic carbocycles. The average Bonchev–Trinajstić information content (AvgIpc) is 3.18. The second-order valence-corrected chi connectivity index (χ2v) is 6.63. The van der Waals surface area contributed by atoms with Crippen molar-refractivity contribution in [2.24, 2.45) is 11.7 Å². The third-order valence-corrected chi connectivity index (χ3v) is 4.66. The van der Waals surface area contributed by atoms with E-state index in [4.69, 9.17) is 5.73 Å². The van der Waals surface area contributed by atoms with Gasteiger partial charge in [-0.2, -0.15) is 0 Å². The van der Waals surface area contributed by atoms with Gasteiger partial charge in [-0.05, 0) is 46.8 Å². The summed E-state index contributed by atoms with van der Waals surface area (Å²) in [6.45, 7) is 1.88. The van der Waals surface area contributed by atoms with E-state index in [0.29, 0.717) is 0 Å². The topological polar surface area (TPSA) is 55.0 Å². The van der Waals surface area contributed by atoms with Crippen LogP contribution in [-0.4, -0.2) is 28.6 Å². The van der Waals surface area contributed by atoms with E-state index in [-0.39, 0.29) is 5.54 Å². The van der Waals surface area contributed by atoms with E-state index >= 15 is 0 Å². The first-order valence-corrected chi connectivity index (χ1v) is 7.39. The van der Waals surface area contributed by atoms with E-state index in [0.717, 1.165) is 40.2 Å². The molecule has 19 heavy (non-hydrogen) atoms. The molecule has 0 radical (unpaired) electrons. The van der Waals surface area contributed by atoms with Crippen molar-refractivity contribution in [1.82, 2.24) is 9.97 Å². The largest absolute Gasteiger partial charge is 0.366 e. The fraction of sp³-hybridized carbons (Fsp3) is 0.429. The van der Waals surface area contributed by atoms with Crippen molar-refractivity contribution in [3.05, 3.63) is 29.0 Å². The molecule has 0 unspecified atom stereocenters. The molecule has 4 nitrogen and oxygen atoms in total. The van der Waals surface area contributed by atoms with Crippen LogP contribution in [0.15, 0.2) is 29.0 Å². The molecule has 98 valence electrons. The van der Waals surface area contributed by atoms with E-state index in [1.807, 2.05) is 24.5 Å². The third kappa shape index (κ3) is 1.83. The van der Waals surface area contributed by atoms with Crippen LogP contribution < -0.4 is 10.6 Å². The Morgan fingerprint density at radius 2 is 2.11 bits per heavy atom. The van der Waals surface area contributed by atoms with Gasteiger partial charge in [0.2, 0.25) is 0 Å². The lowest BCUT2D eigenvalue weighted by Gasteiger charge is -2.49. The van der Waals surface area contributed by atoms with Gasteiger partial charge in [0, 0.05) is 30.0 Å². The number of fused-ring (bicyclic) bond motifs is 1. The Morgan fingerprint density at radius 3 is 2.84 bits per heavy atom. The number of nitrogens with zero attached hydrogens (tertiary/aromatic N) is 3. The van der Waals surface area contributed by atoms with Crippen LogP contribution in [0.1, 0.15) is 12.8 Å². The van der Waals surface area contributed by atoms with Crippen LogP contribution in [-0.2, 0) is 0 Å². The molecule has 3 heterocycles. The molecule has 2 N–H and O–H groups in total. The Morgan fingerprint density at radius 1 is 1.32 bits per heavy atom. The number of halogens is 1. The molecule has 4 rings (SSSR count). The molecule has 2 aromatic rings. The summed E-state index contributed by atoms with van der Waals surface area (Å²) in [6.07, 6.45) is 6.27. The van der Waals surface area contributed by atoms with Crippen molar-refractivity contribution in [1.29, 1.82) is 0 Å². The maximum Gasteiger partial charge on any atom is 0.112 e. The molecule has 1 aliphatic heterocycles. The minimum absolute atomic E-state index is 0.0327. The van der Waals surface area contributed by atoms with Gasteiger partial charge in [-0.25, -0.2) is 0 Å². The summed E-state index contributed by atoms with van der Waals surface area (Å²) in [6, 6.07) is 4.04. The number of hydrogen-bond donors (Lipinski definition) is 1. The van der Waals surface area contributed by atoms with Crippen molar-refractivity contribution >= 4 is 32.7 Å². The number of aromatic nitrogens is 2. The molecule has 0 amide bonds. The van der Waals surface area contributed by atoms with Gasteiger partial charge in [0.25, 0.3) is 0 Å². The van der Waals surface area contributed by atoms with E-state index < -0.39 is 0 Å². The summed E-state index contributed by atoms with van der Waals surface area (Å²) >= 11 is 3.43. The smallest absolute Gasteiger partial charge is 0.112 e. The van der Waals surface area contributed by atoms with E-state index in [1.54, 1.807) is 0 Å². The van der Waals surface area contributed by atoms with E-state index in [9.17, 15) is 0 Å². The maximum atomic E-state index is 6.42. The van der Waals surface area contributed by atoms with Crippen molar-refractivity contribution in [3.8, 4) is 0 Å². The Labute approximate surface area is 120 Å². The Kier molecular flexibility index (Phi) is 2.38. The van der Waals surface area contributed by atoms with Crippen molar-refractivity contribution in [2.45, 2.75) is 18.4 Å². The normalized spacial score (nSPS) is 21.5. The number of anilines is 1. The Bertz CT molecular complexity index is 647. The van der Waals surface area contributed by atoms with Crippen LogP contribution in [0, 0.1) is 5.92 Å². The van der Waals surface area contributed by atoms with E-state index in [2.05, 4.69) is 30.8 Å². The molecule has 1 saturated carbocycles. The van der Waals surface area contributed by atoms with Crippen LogP contribution in [0.4, 0.5) is 5.69 Å². The monoisotopic (exact) mass is 318 g/mol. The van der Waals surface area contributed by atoms with Crippen LogP contribution in [0.3, 0.4) is 0 Å². The summed E-state index contributed by atoms with van der Waals surface area (Å²) in [4.78, 5) is 11.2. The lowest BCUT2D eigenvalue weighted by molar-refractivity contribution is 0.291. The molecule has 0 bridgehead atoms. The quantitative estimate of drug-likeness (QED) is 0.923. The minimum atomic E-state index is 0.0327. The highest BCUT2D eigenvalue weighted by Gasteiger charge is 2.50. The van der Waals surface area contributed by atoms with Crippen LogP contribution >= 0.6 is 15.9 Å². The molecular formula is C14H15BrN4. The van der Waals surface area contributed by atoms with E-state index in [1.165, 1.54) is 12.8 Å². The molecule has 0 atom stereocenters. The maximum absolute atomic E-state index is 6.42. The first-order valence-electron chi connectivity index (χ1n) is 6.60. The zero-order chi connectivity index (χ0) is 13.0. The fourth-order valence-electron chi connectivity index (χ4n) is 3.00. The lowest BCUT2D eigenvalue weighted by Crippen LogP contribution is -2.69. The van der Waals surface area contributed by atoms with Gasteiger partial charge < -0.3 is 10.6 Å². The first-order chi connectivity index (χ1) is 9.16. The Balaban J connectivity index is 1.69. The summed E-state index contributed by atoms with van der Waals surface area (Å²) in [7, 11) is 0. The first kappa shape index (κ1) is 11.6. The molecule has 2 aliphatic rings. The van der Waals surface area contributed by atoms with Gasteiger partial charge in [0.1, 0.15) is 5.52 Å². The summed E-state index contributed by atoms with van der Waals surface area (Å²) in [5, 5.41) is 0. The van der Waals surface area contributed by atoms with Gasteiger partial charge >= 0.3 is 0 Å². The van der Waals surface area contributed by atoms with Gasteiger partial charge in [-0.3, -0.25) is 9.97 Å². The Hall–Kier alpha value is -1.20. The van der Waals surface area contributed by atoms with Crippen molar-refractivity contribution < 1.29 is 0 Å². The number of nitrogens with two attached hydrogens (primary N) is 1. The molecule has 5 heteroatoms. The summed E-state index contributed by atoms with van der Waals surface area (Å²) < 4.78 is 0.958. The van der Waals surface area contributed by atoms with Crippen molar-refractivity contribution in [3.63, 3.8) is 0 Å². The molecule has 1 saturated heterocycles. The highest BCUT2D eigenvalue weighted by Crippen LogP contribution is 2.44. The zero-order valence-electron chi connectivity index (χ0n) is 10.5. The standard InChI is InChI=1S/C14H15BrN4/c15-10-5-11-13(18-6-10)12(3-4-17-11)19-7-14(16,8-19)9-1-2-9/h3-6,9H,1-2,7-8,16H2. The van der Waals surface area contributed by atoms with Gasteiger partial charge in [-0.1, -0.05) is 0 Å². The van der Waals surface area contributed by atoms with Crippen LogP contribution in [0.2, 0.25) is 0 Å². The van der Waals surface area contributed by atoms with Crippen molar-refractivity contribution in [2.75, 3.05) is 18.0 Å².